The number of aromatic nitrogens is 2. The Morgan fingerprint density at radius 1 is 1.43 bits per heavy atom. The number of aliphatic hydroxyl groups is 1. The first-order valence-corrected chi connectivity index (χ1v) is 7.26. The molecule has 1 N–H and O–H groups in total. The lowest BCUT2D eigenvalue weighted by Crippen LogP contribution is -2.45. The maximum Gasteiger partial charge on any atom is 0.227 e. The summed E-state index contributed by atoms with van der Waals surface area (Å²) in [6, 6.07) is 0. The van der Waals surface area contributed by atoms with E-state index in [1.807, 2.05) is 4.90 Å². The van der Waals surface area contributed by atoms with E-state index >= 15 is 0 Å². The van der Waals surface area contributed by atoms with E-state index in [1.165, 1.54) is 6.20 Å². The molecule has 2 fully saturated rings. The molecule has 3 rings (SSSR count). The summed E-state index contributed by atoms with van der Waals surface area (Å²) in [5, 5.41) is 9.65. The van der Waals surface area contributed by atoms with Crippen LogP contribution in [0.2, 0.25) is 0 Å². The van der Waals surface area contributed by atoms with Gasteiger partial charge in [-0.05, 0) is 12.8 Å². The highest BCUT2D eigenvalue weighted by Crippen LogP contribution is 2.36. The second kappa shape index (κ2) is 5.38. The van der Waals surface area contributed by atoms with Crippen LogP contribution in [-0.4, -0.2) is 60.6 Å². The number of rotatable bonds is 2. The molecule has 3 heterocycles. The molecule has 2 saturated heterocycles. The van der Waals surface area contributed by atoms with Crippen molar-refractivity contribution in [1.82, 2.24) is 9.97 Å². The molecule has 0 radical (unpaired) electrons. The Morgan fingerprint density at radius 2 is 2.14 bits per heavy atom. The Bertz CT molecular complexity index is 518. The van der Waals surface area contributed by atoms with Gasteiger partial charge in [-0.1, -0.05) is 0 Å². The molecule has 1 aromatic rings. The fourth-order valence-corrected chi connectivity index (χ4v) is 3.10. The highest BCUT2D eigenvalue weighted by Gasteiger charge is 2.42. The fraction of sp³-hybridized carbons (Fsp3) is 0.714. The Hall–Kier alpha value is -1.47. The van der Waals surface area contributed by atoms with Crippen LogP contribution in [0.25, 0.3) is 0 Å². The van der Waals surface area contributed by atoms with E-state index in [1.54, 1.807) is 19.0 Å². The van der Waals surface area contributed by atoms with Crippen molar-refractivity contribution in [1.29, 1.82) is 0 Å². The average Bonchev–Trinajstić information content (AvgIpc) is 2.81. The molecule has 2 aliphatic rings. The third kappa shape index (κ3) is 2.80. The summed E-state index contributed by atoms with van der Waals surface area (Å²) in [5.74, 6) is 0.431. The van der Waals surface area contributed by atoms with Gasteiger partial charge in [-0.3, -0.25) is 0 Å². The molecule has 1 aromatic heterocycles. The number of halogens is 1. The maximum absolute atomic E-state index is 13.6. The van der Waals surface area contributed by atoms with Crippen LogP contribution in [0.15, 0.2) is 6.20 Å². The number of aliphatic hydroxyl groups excluding tert-OH is 1. The van der Waals surface area contributed by atoms with Crippen molar-refractivity contribution in [3.8, 4) is 0 Å². The van der Waals surface area contributed by atoms with Gasteiger partial charge < -0.3 is 19.6 Å². The Kier molecular flexibility index (Phi) is 3.71. The van der Waals surface area contributed by atoms with Crippen LogP contribution in [0.3, 0.4) is 0 Å². The Balaban J connectivity index is 1.71. The first-order valence-electron chi connectivity index (χ1n) is 7.26. The Morgan fingerprint density at radius 3 is 2.71 bits per heavy atom. The van der Waals surface area contributed by atoms with Crippen LogP contribution in [0.4, 0.5) is 16.2 Å². The summed E-state index contributed by atoms with van der Waals surface area (Å²) in [4.78, 5) is 12.1. The predicted molar refractivity (Wildman–Crippen MR) is 77.1 cm³/mol. The fourth-order valence-electron chi connectivity index (χ4n) is 3.10. The average molecular weight is 296 g/mol. The van der Waals surface area contributed by atoms with Gasteiger partial charge in [-0.25, -0.2) is 9.37 Å². The molecule has 7 heteroatoms. The van der Waals surface area contributed by atoms with Crippen molar-refractivity contribution in [2.75, 3.05) is 43.6 Å². The van der Waals surface area contributed by atoms with Crippen LogP contribution in [0.5, 0.6) is 0 Å². The summed E-state index contributed by atoms with van der Waals surface area (Å²) in [7, 11) is 3.52. The zero-order chi connectivity index (χ0) is 15.0. The molecule has 1 unspecified atom stereocenters. The van der Waals surface area contributed by atoms with E-state index in [9.17, 15) is 9.50 Å². The number of ether oxygens (including phenoxy) is 1. The highest BCUT2D eigenvalue weighted by atomic mass is 19.1. The van der Waals surface area contributed by atoms with Gasteiger partial charge in [0, 0.05) is 33.6 Å². The van der Waals surface area contributed by atoms with Crippen LogP contribution in [0, 0.1) is 5.82 Å². The van der Waals surface area contributed by atoms with Crippen LogP contribution in [0.1, 0.15) is 19.3 Å². The van der Waals surface area contributed by atoms with Gasteiger partial charge in [0.2, 0.25) is 5.95 Å². The van der Waals surface area contributed by atoms with E-state index < -0.39 is 5.82 Å². The molecular formula is C14H21FN4O2. The summed E-state index contributed by atoms with van der Waals surface area (Å²) in [5.41, 5.74) is -0.194. The zero-order valence-corrected chi connectivity index (χ0v) is 12.4. The molecule has 0 aromatic carbocycles. The van der Waals surface area contributed by atoms with Gasteiger partial charge in [-0.2, -0.15) is 4.98 Å². The van der Waals surface area contributed by atoms with Gasteiger partial charge in [0.25, 0.3) is 0 Å². The number of hydrogen-bond donors (Lipinski definition) is 1. The minimum absolute atomic E-state index is 0.194. The van der Waals surface area contributed by atoms with E-state index in [2.05, 4.69) is 9.97 Å². The van der Waals surface area contributed by atoms with Crippen molar-refractivity contribution in [2.24, 2.45) is 0 Å². The number of piperidine rings is 1. The molecule has 1 spiro atoms. The molecule has 0 saturated carbocycles. The normalized spacial score (nSPS) is 24.6. The minimum Gasteiger partial charge on any atom is -0.391 e. The van der Waals surface area contributed by atoms with Crippen molar-refractivity contribution < 1.29 is 14.2 Å². The van der Waals surface area contributed by atoms with E-state index in [0.29, 0.717) is 24.8 Å². The first kappa shape index (κ1) is 14.5. The molecule has 2 aliphatic heterocycles. The summed E-state index contributed by atoms with van der Waals surface area (Å²) < 4.78 is 19.4. The predicted octanol–water partition coefficient (Wildman–Crippen LogP) is 0.802. The molecule has 0 aliphatic carbocycles. The minimum atomic E-state index is -0.417. The van der Waals surface area contributed by atoms with Crippen LogP contribution in [-0.2, 0) is 4.74 Å². The third-order valence-corrected chi connectivity index (χ3v) is 4.28. The van der Waals surface area contributed by atoms with E-state index in [-0.39, 0.29) is 11.7 Å². The number of nitrogens with zero attached hydrogens (tertiary/aromatic N) is 4. The quantitative estimate of drug-likeness (QED) is 0.871. The van der Waals surface area contributed by atoms with E-state index in [4.69, 9.17) is 4.74 Å². The van der Waals surface area contributed by atoms with Crippen molar-refractivity contribution in [3.05, 3.63) is 12.0 Å². The second-order valence-electron chi connectivity index (χ2n) is 6.07. The first-order chi connectivity index (χ1) is 9.99. The largest absolute Gasteiger partial charge is 0.391 e. The van der Waals surface area contributed by atoms with Crippen LogP contribution < -0.4 is 9.80 Å². The van der Waals surface area contributed by atoms with Gasteiger partial charge in [0.15, 0.2) is 11.6 Å². The van der Waals surface area contributed by atoms with Gasteiger partial charge in [0.05, 0.1) is 24.5 Å². The standard InChI is InChI=1S/C14H21FN4O2/c1-18(2)12-11(15)8-16-13(17-12)19-5-3-14(4-6-19)7-10(20)9-21-14/h8,10,20H,3-7,9H2,1-2H3. The molecule has 0 amide bonds. The van der Waals surface area contributed by atoms with Crippen molar-refractivity contribution in [3.63, 3.8) is 0 Å². The van der Waals surface area contributed by atoms with Gasteiger partial charge in [-0.15, -0.1) is 0 Å². The van der Waals surface area contributed by atoms with Crippen molar-refractivity contribution in [2.45, 2.75) is 31.0 Å². The number of anilines is 2. The van der Waals surface area contributed by atoms with Gasteiger partial charge >= 0.3 is 0 Å². The lowest BCUT2D eigenvalue weighted by molar-refractivity contribution is -0.0168. The highest BCUT2D eigenvalue weighted by molar-refractivity contribution is 5.44. The molecular weight excluding hydrogens is 275 g/mol. The lowest BCUT2D eigenvalue weighted by Gasteiger charge is -2.38. The zero-order valence-electron chi connectivity index (χ0n) is 12.4. The summed E-state index contributed by atoms with van der Waals surface area (Å²) in [6.45, 7) is 1.94. The lowest BCUT2D eigenvalue weighted by atomic mass is 9.88. The molecule has 6 nitrogen and oxygen atoms in total. The summed E-state index contributed by atoms with van der Waals surface area (Å²) in [6.07, 6.45) is 3.25. The second-order valence-corrected chi connectivity index (χ2v) is 6.07. The maximum atomic E-state index is 13.6. The van der Waals surface area contributed by atoms with Gasteiger partial charge in [0.1, 0.15) is 0 Å². The molecule has 21 heavy (non-hydrogen) atoms. The smallest absolute Gasteiger partial charge is 0.227 e. The third-order valence-electron chi connectivity index (χ3n) is 4.28. The van der Waals surface area contributed by atoms with E-state index in [0.717, 1.165) is 25.9 Å². The SMILES string of the molecule is CN(C)c1nc(N2CCC3(CC2)CC(O)CO3)ncc1F. The van der Waals surface area contributed by atoms with Crippen molar-refractivity contribution >= 4 is 11.8 Å². The monoisotopic (exact) mass is 296 g/mol. The molecule has 1 atom stereocenters. The van der Waals surface area contributed by atoms with Crippen LogP contribution >= 0.6 is 0 Å². The molecule has 116 valence electrons. The molecule has 0 bridgehead atoms. The number of hydrogen-bond acceptors (Lipinski definition) is 6. The topological polar surface area (TPSA) is 61.7 Å². The Labute approximate surface area is 123 Å². The summed E-state index contributed by atoms with van der Waals surface area (Å²) >= 11 is 0.